The number of halogens is 2. The van der Waals surface area contributed by atoms with Crippen molar-refractivity contribution in [2.75, 3.05) is 0 Å². The Balaban J connectivity index is 2.85. The lowest BCUT2D eigenvalue weighted by atomic mass is 10.2. The van der Waals surface area contributed by atoms with Crippen LogP contribution in [0.1, 0.15) is 15.2 Å². The molecule has 1 nitrogen and oxygen atoms in total. The second-order valence-electron chi connectivity index (χ2n) is 2.11. The van der Waals surface area contributed by atoms with Crippen LogP contribution >= 0.6 is 11.3 Å². The van der Waals surface area contributed by atoms with Gasteiger partial charge in [0.1, 0.15) is 0 Å². The predicted octanol–water partition coefficient (Wildman–Crippen LogP) is 2.50. The summed E-state index contributed by atoms with van der Waals surface area (Å²) in [6, 6.07) is 1.47. The maximum Gasteiger partial charge on any atom is 0.300 e. The van der Waals surface area contributed by atoms with Crippen molar-refractivity contribution in [1.82, 2.24) is 0 Å². The highest BCUT2D eigenvalue weighted by molar-refractivity contribution is 7.10. The van der Waals surface area contributed by atoms with Crippen molar-refractivity contribution in [2.24, 2.45) is 0 Å². The molecule has 0 aromatic carbocycles. The Morgan fingerprint density at radius 2 is 2.27 bits per heavy atom. The van der Waals surface area contributed by atoms with E-state index in [4.69, 9.17) is 0 Å². The molecule has 0 spiro atoms. The van der Waals surface area contributed by atoms with Gasteiger partial charge in [-0.1, -0.05) is 0 Å². The van der Waals surface area contributed by atoms with Crippen LogP contribution in [0.15, 0.2) is 11.4 Å². The van der Waals surface area contributed by atoms with Gasteiger partial charge < -0.3 is 0 Å². The Morgan fingerprint density at radius 3 is 2.64 bits per heavy atom. The highest BCUT2D eigenvalue weighted by atomic mass is 32.1. The van der Waals surface area contributed by atoms with Gasteiger partial charge in [-0.3, -0.25) is 4.79 Å². The minimum absolute atomic E-state index is 0.113. The summed E-state index contributed by atoms with van der Waals surface area (Å²) in [5, 5.41) is 1.45. The molecule has 0 saturated carbocycles. The van der Waals surface area contributed by atoms with Gasteiger partial charge in [0.2, 0.25) is 5.78 Å². The molecule has 1 rings (SSSR count). The second-order valence-corrected chi connectivity index (χ2v) is 3.23. The largest absolute Gasteiger partial charge is 0.300 e. The van der Waals surface area contributed by atoms with Gasteiger partial charge in [0.15, 0.2) is 0 Å². The lowest BCUT2D eigenvalue weighted by molar-refractivity contribution is 0.0679. The number of carbonyl (C=O) groups excluding carboxylic acids is 1. The fourth-order valence-electron chi connectivity index (χ4n) is 0.699. The lowest BCUT2D eigenvalue weighted by Gasteiger charge is -1.92. The van der Waals surface area contributed by atoms with Crippen LogP contribution in [0.2, 0.25) is 0 Å². The molecule has 0 N–H and O–H groups in total. The average Bonchev–Trinajstić information content (AvgIpc) is 2.34. The van der Waals surface area contributed by atoms with E-state index in [1.807, 2.05) is 0 Å². The first-order chi connectivity index (χ1) is 5.11. The number of alkyl halides is 2. The van der Waals surface area contributed by atoms with Crippen LogP contribution in [-0.2, 0) is 0 Å². The summed E-state index contributed by atoms with van der Waals surface area (Å²) in [6.07, 6.45) is -2.89. The van der Waals surface area contributed by atoms with Crippen LogP contribution in [0.4, 0.5) is 8.78 Å². The third-order valence-electron chi connectivity index (χ3n) is 1.21. The zero-order valence-electron chi connectivity index (χ0n) is 5.80. The Hall–Kier alpha value is -0.770. The summed E-state index contributed by atoms with van der Waals surface area (Å²) in [4.78, 5) is 11.5. The normalized spacial score (nSPS) is 10.5. The number of ketones is 1. The van der Waals surface area contributed by atoms with E-state index in [2.05, 4.69) is 0 Å². The summed E-state index contributed by atoms with van der Waals surface area (Å²) in [6.45, 7) is 1.77. The highest BCUT2D eigenvalue weighted by Gasteiger charge is 2.18. The van der Waals surface area contributed by atoms with Crippen LogP contribution in [-0.4, -0.2) is 12.2 Å². The maximum atomic E-state index is 11.8. The summed E-state index contributed by atoms with van der Waals surface area (Å²) in [7, 11) is 0. The van der Waals surface area contributed by atoms with Gasteiger partial charge in [-0.15, -0.1) is 11.3 Å². The van der Waals surface area contributed by atoms with E-state index >= 15 is 0 Å². The van der Waals surface area contributed by atoms with Gasteiger partial charge in [0.25, 0.3) is 0 Å². The van der Waals surface area contributed by atoms with Gasteiger partial charge >= 0.3 is 6.43 Å². The Labute approximate surface area is 66.7 Å². The smallest absolute Gasteiger partial charge is 0.288 e. The minimum atomic E-state index is -2.89. The highest BCUT2D eigenvalue weighted by Crippen LogP contribution is 2.15. The summed E-state index contributed by atoms with van der Waals surface area (Å²) >= 11 is 1.30. The lowest BCUT2D eigenvalue weighted by Crippen LogP contribution is -2.08. The molecule has 1 aromatic rings. The molecule has 0 atom stereocenters. The Kier molecular flexibility index (Phi) is 2.34. The van der Waals surface area contributed by atoms with Crippen molar-refractivity contribution in [3.05, 3.63) is 21.9 Å². The van der Waals surface area contributed by atoms with E-state index in [9.17, 15) is 13.6 Å². The second kappa shape index (κ2) is 3.09. The molecule has 0 aliphatic carbocycles. The van der Waals surface area contributed by atoms with Gasteiger partial charge in [0.05, 0.1) is 0 Å². The number of thiophene rings is 1. The molecule has 0 aliphatic rings. The van der Waals surface area contributed by atoms with Crippen molar-refractivity contribution in [3.8, 4) is 0 Å². The third kappa shape index (κ3) is 1.83. The first kappa shape index (κ1) is 8.33. The molecule has 4 heteroatoms. The van der Waals surface area contributed by atoms with E-state index < -0.39 is 12.2 Å². The van der Waals surface area contributed by atoms with E-state index in [0.29, 0.717) is 0 Å². The molecule has 0 saturated heterocycles. The number of rotatable bonds is 2. The SMILES string of the molecule is Cc1cc(C(=O)C(F)F)cs1. The van der Waals surface area contributed by atoms with Gasteiger partial charge in [-0.25, -0.2) is 8.78 Å². The predicted molar refractivity (Wildman–Crippen MR) is 39.4 cm³/mol. The molecule has 0 radical (unpaired) electrons. The maximum absolute atomic E-state index is 11.8. The zero-order chi connectivity index (χ0) is 8.43. The summed E-state index contributed by atoms with van der Waals surface area (Å²) in [5.74, 6) is -1.09. The molecular formula is C7H6F2OS. The number of hydrogen-bond acceptors (Lipinski definition) is 2. The minimum Gasteiger partial charge on any atom is -0.288 e. The van der Waals surface area contributed by atoms with Crippen molar-refractivity contribution in [3.63, 3.8) is 0 Å². The quantitative estimate of drug-likeness (QED) is 0.633. The fourth-order valence-corrected chi connectivity index (χ4v) is 1.39. The zero-order valence-corrected chi connectivity index (χ0v) is 6.62. The van der Waals surface area contributed by atoms with Gasteiger partial charge in [0, 0.05) is 15.8 Å². The number of hydrogen-bond donors (Lipinski definition) is 0. The number of aryl methyl sites for hydroxylation is 1. The van der Waals surface area contributed by atoms with Crippen molar-refractivity contribution in [2.45, 2.75) is 13.3 Å². The number of carbonyl (C=O) groups is 1. The molecule has 0 bridgehead atoms. The standard InChI is InChI=1S/C7H6F2OS/c1-4-2-5(3-11-4)6(10)7(8)9/h2-3,7H,1H3. The van der Waals surface area contributed by atoms with Crippen molar-refractivity contribution >= 4 is 17.1 Å². The Morgan fingerprint density at radius 1 is 1.64 bits per heavy atom. The van der Waals surface area contributed by atoms with Gasteiger partial charge in [-0.05, 0) is 13.0 Å². The molecule has 1 heterocycles. The van der Waals surface area contributed by atoms with E-state index in [0.717, 1.165) is 4.88 Å². The Bertz CT molecular complexity index is 267. The van der Waals surface area contributed by atoms with Gasteiger partial charge in [-0.2, -0.15) is 0 Å². The third-order valence-corrected chi connectivity index (χ3v) is 2.07. The summed E-state index contributed by atoms with van der Waals surface area (Å²) in [5.41, 5.74) is 0.113. The topological polar surface area (TPSA) is 17.1 Å². The molecule has 60 valence electrons. The van der Waals surface area contributed by atoms with Crippen molar-refractivity contribution in [1.29, 1.82) is 0 Å². The van der Waals surface area contributed by atoms with E-state index in [1.165, 1.54) is 22.8 Å². The van der Waals surface area contributed by atoms with E-state index in [1.54, 1.807) is 6.92 Å². The fraction of sp³-hybridized carbons (Fsp3) is 0.286. The van der Waals surface area contributed by atoms with E-state index in [-0.39, 0.29) is 5.56 Å². The molecular weight excluding hydrogens is 170 g/mol. The monoisotopic (exact) mass is 176 g/mol. The number of Topliss-reactive ketones (excluding diaryl/α,β-unsaturated/α-hetero) is 1. The summed E-state index contributed by atoms with van der Waals surface area (Å²) < 4.78 is 23.6. The molecule has 0 amide bonds. The first-order valence-electron chi connectivity index (χ1n) is 2.99. The van der Waals surface area contributed by atoms with Crippen LogP contribution < -0.4 is 0 Å². The molecule has 0 aliphatic heterocycles. The van der Waals surface area contributed by atoms with Crippen LogP contribution in [0, 0.1) is 6.92 Å². The molecule has 0 unspecified atom stereocenters. The van der Waals surface area contributed by atoms with Crippen molar-refractivity contribution < 1.29 is 13.6 Å². The molecule has 11 heavy (non-hydrogen) atoms. The molecule has 0 fully saturated rings. The van der Waals surface area contributed by atoms with Crippen LogP contribution in [0.3, 0.4) is 0 Å². The van der Waals surface area contributed by atoms with Crippen LogP contribution in [0.25, 0.3) is 0 Å². The first-order valence-corrected chi connectivity index (χ1v) is 3.86. The molecule has 1 aromatic heterocycles. The van der Waals surface area contributed by atoms with Crippen LogP contribution in [0.5, 0.6) is 0 Å². The average molecular weight is 176 g/mol.